The van der Waals surface area contributed by atoms with Crippen molar-refractivity contribution in [3.63, 3.8) is 0 Å². The maximum Gasteiger partial charge on any atom is 0.407 e. The number of imidazole rings is 1. The van der Waals surface area contributed by atoms with E-state index in [1.54, 1.807) is 48.3 Å². The fourth-order valence-electron chi connectivity index (χ4n) is 9.16. The van der Waals surface area contributed by atoms with Crippen molar-refractivity contribution >= 4 is 54.9 Å². The van der Waals surface area contributed by atoms with E-state index in [0.29, 0.717) is 28.3 Å². The van der Waals surface area contributed by atoms with E-state index in [2.05, 4.69) is 66.4 Å². The Balaban J connectivity index is 0.819. The first kappa shape index (κ1) is 53.9. The van der Waals surface area contributed by atoms with Gasteiger partial charge in [-0.1, -0.05) is 152 Å². The maximum absolute atomic E-state index is 13.7. The van der Waals surface area contributed by atoms with Crippen LogP contribution in [0, 0.1) is 0 Å². The molecule has 0 fully saturated rings. The molecule has 9 rings (SSSR count). The Labute approximate surface area is 451 Å². The van der Waals surface area contributed by atoms with E-state index in [9.17, 15) is 31.2 Å². The van der Waals surface area contributed by atoms with Gasteiger partial charge in [0.1, 0.15) is 18.2 Å². The van der Waals surface area contributed by atoms with E-state index in [0.717, 1.165) is 34.7 Å². The third-order valence-electron chi connectivity index (χ3n) is 13.0. The lowest BCUT2D eigenvalue weighted by Crippen LogP contribution is -2.48. The lowest BCUT2D eigenvalue weighted by molar-refractivity contribution is -0.142. The molecule has 0 aliphatic carbocycles. The summed E-state index contributed by atoms with van der Waals surface area (Å²) < 4.78 is 71.8. The molecule has 0 aliphatic heterocycles. The molecule has 78 heavy (non-hydrogen) atoms. The van der Waals surface area contributed by atoms with Crippen LogP contribution in [0.5, 0.6) is 0 Å². The number of benzene rings is 7. The highest BCUT2D eigenvalue weighted by molar-refractivity contribution is 7.89. The number of carbonyl (C=O) groups is 3. The molecule has 398 valence electrons. The average molecular weight is 1090 g/mol. The molecule has 2 amide bonds. The van der Waals surface area contributed by atoms with Crippen molar-refractivity contribution in [3.05, 3.63) is 234 Å². The normalized spacial score (nSPS) is 12.1. The number of aryl methyl sites for hydroxylation is 1. The molecule has 0 bridgehead atoms. The molecule has 2 aromatic heterocycles. The lowest BCUT2D eigenvalue weighted by atomic mass is 9.76. The monoisotopic (exact) mass is 1090 g/mol. The first-order valence-corrected chi connectivity index (χ1v) is 27.7. The van der Waals surface area contributed by atoms with E-state index >= 15 is 0 Å². The minimum Gasteiger partial charge on any atom is -0.468 e. The van der Waals surface area contributed by atoms with Crippen LogP contribution in [0.4, 0.5) is 10.7 Å². The van der Waals surface area contributed by atoms with Crippen molar-refractivity contribution < 1.29 is 40.7 Å². The van der Waals surface area contributed by atoms with Gasteiger partial charge in [0, 0.05) is 50.0 Å². The first-order valence-electron chi connectivity index (χ1n) is 24.7. The number of anilines is 1. The third kappa shape index (κ3) is 12.0. The number of esters is 1. The Morgan fingerprint density at radius 2 is 1.21 bits per heavy atom. The van der Waals surface area contributed by atoms with Gasteiger partial charge in [-0.25, -0.2) is 31.3 Å². The van der Waals surface area contributed by atoms with Gasteiger partial charge in [0.2, 0.25) is 26.0 Å². The quantitative estimate of drug-likeness (QED) is 0.0255. The number of fused-ring (bicyclic) bond motifs is 1. The van der Waals surface area contributed by atoms with Gasteiger partial charge in [-0.15, -0.1) is 0 Å². The molecule has 0 spiro atoms. The molecule has 0 saturated carbocycles. The van der Waals surface area contributed by atoms with Gasteiger partial charge in [0.25, 0.3) is 5.91 Å². The van der Waals surface area contributed by atoms with Crippen LogP contribution < -0.4 is 25.4 Å². The van der Waals surface area contributed by atoms with Crippen LogP contribution >= 0.6 is 0 Å². The largest absolute Gasteiger partial charge is 0.468 e. The number of sulfonamides is 2. The van der Waals surface area contributed by atoms with Gasteiger partial charge in [-0.05, 0) is 69.8 Å². The number of carbonyl (C=O) groups excluding carboxylic acids is 3. The molecular weight excluding hydrogens is 1030 g/mol. The predicted molar refractivity (Wildman–Crippen MR) is 295 cm³/mol. The summed E-state index contributed by atoms with van der Waals surface area (Å²) in [6.45, 7) is -0.166. The molecule has 18 nitrogen and oxygen atoms in total. The van der Waals surface area contributed by atoms with E-state index < -0.39 is 56.1 Å². The van der Waals surface area contributed by atoms with Gasteiger partial charge in [-0.2, -0.15) is 9.82 Å². The highest BCUT2D eigenvalue weighted by Gasteiger charge is 2.40. The van der Waals surface area contributed by atoms with E-state index in [1.807, 2.05) is 91.1 Å². The van der Waals surface area contributed by atoms with Crippen LogP contribution in [0.25, 0.3) is 22.0 Å². The van der Waals surface area contributed by atoms with Crippen LogP contribution in [-0.4, -0.2) is 86.9 Å². The summed E-state index contributed by atoms with van der Waals surface area (Å²) in [6.07, 6.45) is 3.05. The second kappa shape index (κ2) is 23.9. The fraction of sp³-hybridized carbons (Fsp3) is 0.155. The standard InChI is InChI=1S/C58H55N9O9S2/c1-66-53-37-44(27-32-50(53)51(64-66)38-62-56-59-35-36-67(56)58(45-17-9-4-10-18-45,46-19-11-5-12-20-46)47-21-13-6-14-22-47)54(68)61-39-52(55(69)75-2)65-78(73,74)49-30-25-43(26-31-49)42-23-28-48(29-24-42)77(71,72)63-34-33-60-57(70)76-40-41-15-7-3-8-16-41/h3-32,35-37,52,63,65H,33-34,38-40H2,1-2H3,(H,59,62)(H,60,70)(H,61,68)/t52-/m0/s1. The summed E-state index contributed by atoms with van der Waals surface area (Å²) in [7, 11) is -5.39. The summed E-state index contributed by atoms with van der Waals surface area (Å²) in [5.41, 5.74) is 5.90. The summed E-state index contributed by atoms with van der Waals surface area (Å²) in [5.74, 6) is -0.892. The van der Waals surface area contributed by atoms with Gasteiger partial charge in [-0.3, -0.25) is 18.8 Å². The highest BCUT2D eigenvalue weighted by Crippen LogP contribution is 2.42. The van der Waals surface area contributed by atoms with Crippen molar-refractivity contribution in [2.45, 2.75) is 34.5 Å². The third-order valence-corrected chi connectivity index (χ3v) is 16.0. The number of amides is 2. The van der Waals surface area contributed by atoms with Crippen molar-refractivity contribution in [1.82, 2.24) is 39.4 Å². The molecule has 0 saturated heterocycles. The SMILES string of the molecule is COC(=O)[C@H](CNC(=O)c1ccc2c(CNc3nccn3C(c3ccccc3)(c3ccccc3)c3ccccc3)nn(C)c2c1)NS(=O)(=O)c1ccc(-c2ccc(S(=O)(=O)NCCNC(=O)OCc3ccccc3)cc2)cc1. The van der Waals surface area contributed by atoms with Crippen LogP contribution in [0.3, 0.4) is 0 Å². The van der Waals surface area contributed by atoms with Crippen LogP contribution in [-0.2, 0) is 60.1 Å². The number of hydrogen-bond acceptors (Lipinski definition) is 12. The number of nitrogens with zero attached hydrogens (tertiary/aromatic N) is 4. The van der Waals surface area contributed by atoms with Gasteiger partial charge >= 0.3 is 12.1 Å². The topological polar surface area (TPSA) is 234 Å². The van der Waals surface area contributed by atoms with Gasteiger partial charge in [0.15, 0.2) is 0 Å². The fourth-order valence-corrected chi connectivity index (χ4v) is 11.4. The summed E-state index contributed by atoms with van der Waals surface area (Å²) in [5, 5.41) is 14.3. The molecule has 20 heteroatoms. The van der Waals surface area contributed by atoms with Crippen LogP contribution in [0.1, 0.15) is 38.3 Å². The zero-order chi connectivity index (χ0) is 54.7. The molecule has 0 unspecified atom stereocenters. The number of alkyl carbamates (subject to hydrolysis) is 1. The maximum atomic E-state index is 13.7. The number of aromatic nitrogens is 4. The Morgan fingerprint density at radius 3 is 1.77 bits per heavy atom. The number of rotatable bonds is 22. The zero-order valence-corrected chi connectivity index (χ0v) is 44.1. The summed E-state index contributed by atoms with van der Waals surface area (Å²) >= 11 is 0. The van der Waals surface area contributed by atoms with Gasteiger partial charge in [0.05, 0.1) is 34.7 Å². The summed E-state index contributed by atoms with van der Waals surface area (Å²) in [6, 6.07) is 55.2. The molecule has 0 radical (unpaired) electrons. The van der Waals surface area contributed by atoms with Crippen molar-refractivity contribution in [2.24, 2.45) is 7.05 Å². The molecule has 1 atom stereocenters. The number of methoxy groups -OCH3 is 1. The Morgan fingerprint density at radius 1 is 0.654 bits per heavy atom. The number of hydrogen-bond donors (Lipinski definition) is 5. The Kier molecular flexibility index (Phi) is 16.5. The smallest absolute Gasteiger partial charge is 0.407 e. The molecule has 2 heterocycles. The lowest BCUT2D eigenvalue weighted by Gasteiger charge is -2.38. The molecular formula is C58H55N9O9S2. The van der Waals surface area contributed by atoms with E-state index in [-0.39, 0.29) is 41.6 Å². The Hall–Kier alpha value is -8.95. The molecule has 9 aromatic rings. The molecule has 0 aliphatic rings. The predicted octanol–water partition coefficient (Wildman–Crippen LogP) is 7.34. The summed E-state index contributed by atoms with van der Waals surface area (Å²) in [4.78, 5) is 43.2. The average Bonchev–Trinajstić information content (AvgIpc) is 4.26. The minimum atomic E-state index is -4.34. The Bertz CT molecular complexity index is 3660. The van der Waals surface area contributed by atoms with Crippen LogP contribution in [0.15, 0.2) is 210 Å². The number of nitrogens with one attached hydrogen (secondary N) is 5. The van der Waals surface area contributed by atoms with Crippen molar-refractivity contribution in [2.75, 3.05) is 32.1 Å². The molecule has 5 N–H and O–H groups in total. The van der Waals surface area contributed by atoms with Crippen LogP contribution in [0.2, 0.25) is 0 Å². The van der Waals surface area contributed by atoms with Crippen molar-refractivity contribution in [1.29, 1.82) is 0 Å². The zero-order valence-electron chi connectivity index (χ0n) is 42.4. The van der Waals surface area contributed by atoms with E-state index in [1.165, 1.54) is 36.4 Å². The number of ether oxygens (including phenoxy) is 2. The minimum absolute atomic E-state index is 0.00609. The van der Waals surface area contributed by atoms with E-state index in [4.69, 9.17) is 19.6 Å². The second-order valence-electron chi connectivity index (χ2n) is 17.9. The second-order valence-corrected chi connectivity index (χ2v) is 21.4. The van der Waals surface area contributed by atoms with Crippen molar-refractivity contribution in [3.8, 4) is 11.1 Å². The highest BCUT2D eigenvalue weighted by atomic mass is 32.2. The van der Waals surface area contributed by atoms with Gasteiger partial charge < -0.3 is 25.4 Å². The molecule has 7 aromatic carbocycles. The first-order chi connectivity index (χ1) is 37.8.